The normalized spacial score (nSPS) is 14.4. The lowest BCUT2D eigenvalue weighted by atomic mass is 10.1. The summed E-state index contributed by atoms with van der Waals surface area (Å²) in [6.07, 6.45) is 1.63. The average molecular weight is 521 g/mol. The van der Waals surface area contributed by atoms with Crippen LogP contribution in [-0.4, -0.2) is 28.6 Å². The molecule has 0 saturated carbocycles. The van der Waals surface area contributed by atoms with Gasteiger partial charge in [0.1, 0.15) is 5.75 Å². The summed E-state index contributed by atoms with van der Waals surface area (Å²) in [6, 6.07) is 18.5. The fourth-order valence-corrected chi connectivity index (χ4v) is 4.67. The molecule has 1 aliphatic rings. The van der Waals surface area contributed by atoms with E-state index < -0.39 is 0 Å². The smallest absolute Gasteiger partial charge is 0.293 e. The van der Waals surface area contributed by atoms with Crippen LogP contribution in [0.5, 0.6) is 5.75 Å². The van der Waals surface area contributed by atoms with Gasteiger partial charge >= 0.3 is 0 Å². The first-order valence-corrected chi connectivity index (χ1v) is 12.5. The lowest BCUT2D eigenvalue weighted by Crippen LogP contribution is -2.27. The van der Waals surface area contributed by atoms with Gasteiger partial charge in [-0.15, -0.1) is 0 Å². The van der Waals surface area contributed by atoms with Crippen LogP contribution >= 0.6 is 23.4 Å². The third-order valence-electron chi connectivity index (χ3n) is 5.61. The highest BCUT2D eigenvalue weighted by Crippen LogP contribution is 2.34. The Bertz CT molecular complexity index is 1370. The first-order chi connectivity index (χ1) is 17.2. The molecule has 0 aliphatic carbocycles. The van der Waals surface area contributed by atoms with E-state index in [1.165, 1.54) is 4.90 Å². The second-order valence-corrected chi connectivity index (χ2v) is 10.00. The summed E-state index contributed by atoms with van der Waals surface area (Å²) in [5, 5.41) is 2.82. The van der Waals surface area contributed by atoms with Crippen molar-refractivity contribution in [3.05, 3.63) is 98.4 Å². The van der Waals surface area contributed by atoms with Gasteiger partial charge in [0.2, 0.25) is 0 Å². The Morgan fingerprint density at radius 2 is 1.72 bits per heavy atom. The summed E-state index contributed by atoms with van der Waals surface area (Å²) < 4.78 is 5.60. The number of carbonyl (C=O) groups is 3. The summed E-state index contributed by atoms with van der Waals surface area (Å²) in [7, 11) is 0. The molecule has 0 bridgehead atoms. The molecule has 3 aromatic rings. The average Bonchev–Trinajstić information content (AvgIpc) is 3.09. The molecular formula is C28H25ClN2O4S. The monoisotopic (exact) mass is 520 g/mol. The van der Waals surface area contributed by atoms with Crippen molar-refractivity contribution >= 4 is 52.2 Å². The number of nitrogens with zero attached hydrogens (tertiary/aromatic N) is 1. The van der Waals surface area contributed by atoms with Crippen LogP contribution in [0.15, 0.2) is 65.6 Å². The number of hydrogen-bond acceptors (Lipinski definition) is 5. The maximum absolute atomic E-state index is 12.8. The zero-order valence-corrected chi connectivity index (χ0v) is 21.7. The molecule has 0 aromatic heterocycles. The van der Waals surface area contributed by atoms with Crippen LogP contribution in [0.4, 0.5) is 10.5 Å². The van der Waals surface area contributed by atoms with Gasteiger partial charge in [0, 0.05) is 5.69 Å². The molecule has 184 valence electrons. The number of nitrogens with one attached hydrogen (secondary N) is 1. The lowest BCUT2D eigenvalue weighted by molar-refractivity contribution is -0.123. The maximum atomic E-state index is 12.8. The number of hydrogen-bond donors (Lipinski definition) is 1. The minimum Gasteiger partial charge on any atom is -0.482 e. The van der Waals surface area contributed by atoms with Crippen LogP contribution in [-0.2, 0) is 16.1 Å². The number of ether oxygens (including phenoxy) is 1. The number of rotatable bonds is 7. The fraction of sp³-hybridized carbons (Fsp3) is 0.179. The van der Waals surface area contributed by atoms with Crippen molar-refractivity contribution < 1.29 is 19.1 Å². The Hall–Kier alpha value is -3.55. The number of anilines is 1. The zero-order chi connectivity index (χ0) is 25.8. The number of amides is 3. The molecule has 1 N–H and O–H groups in total. The van der Waals surface area contributed by atoms with Gasteiger partial charge < -0.3 is 10.1 Å². The molecule has 0 radical (unpaired) electrons. The van der Waals surface area contributed by atoms with Gasteiger partial charge in [0.15, 0.2) is 6.61 Å². The SMILES string of the molecule is Cc1ccc(CN2C(=O)S/C(=C\c3ccc(OCC(=O)Nc4cc(C)ccc4C)c(Cl)c3)C2=O)cc1. The van der Waals surface area contributed by atoms with Crippen LogP contribution in [0.25, 0.3) is 6.08 Å². The molecule has 3 aromatic carbocycles. The van der Waals surface area contributed by atoms with Gasteiger partial charge in [-0.05, 0) is 79.1 Å². The standard InChI is InChI=1S/C28H25ClN2O4S/c1-17-5-8-20(9-6-17)15-31-27(33)25(36-28(31)34)14-21-10-11-24(22(29)13-21)35-16-26(32)30-23-12-18(2)4-7-19(23)3/h4-14H,15-16H2,1-3H3,(H,30,32)/b25-14-. The topological polar surface area (TPSA) is 75.7 Å². The van der Waals surface area contributed by atoms with Gasteiger partial charge in [0.05, 0.1) is 16.5 Å². The van der Waals surface area contributed by atoms with E-state index in [4.69, 9.17) is 16.3 Å². The molecule has 4 rings (SSSR count). The Balaban J connectivity index is 1.38. The van der Waals surface area contributed by atoms with E-state index in [0.29, 0.717) is 21.2 Å². The summed E-state index contributed by atoms with van der Waals surface area (Å²) in [5.41, 5.74) is 5.38. The molecular weight excluding hydrogens is 496 g/mol. The third-order valence-corrected chi connectivity index (χ3v) is 6.82. The van der Waals surface area contributed by atoms with Gasteiger partial charge in [-0.1, -0.05) is 59.6 Å². The highest BCUT2D eigenvalue weighted by Gasteiger charge is 2.35. The Morgan fingerprint density at radius 1 is 1.00 bits per heavy atom. The van der Waals surface area contributed by atoms with E-state index >= 15 is 0 Å². The van der Waals surface area contributed by atoms with Crippen molar-refractivity contribution in [1.29, 1.82) is 0 Å². The molecule has 3 amide bonds. The molecule has 8 heteroatoms. The highest BCUT2D eigenvalue weighted by atomic mass is 35.5. The highest BCUT2D eigenvalue weighted by molar-refractivity contribution is 8.18. The summed E-state index contributed by atoms with van der Waals surface area (Å²) >= 11 is 7.26. The summed E-state index contributed by atoms with van der Waals surface area (Å²) in [4.78, 5) is 39.2. The number of halogens is 1. The number of thioether (sulfide) groups is 1. The minimum absolute atomic E-state index is 0.204. The quantitative estimate of drug-likeness (QED) is 0.359. The number of imide groups is 1. The van der Waals surface area contributed by atoms with Crippen molar-refractivity contribution in [2.45, 2.75) is 27.3 Å². The predicted molar refractivity (Wildman–Crippen MR) is 144 cm³/mol. The second kappa shape index (κ2) is 11.0. The predicted octanol–water partition coefficient (Wildman–Crippen LogP) is 6.52. The van der Waals surface area contributed by atoms with Crippen molar-refractivity contribution in [2.24, 2.45) is 0 Å². The van der Waals surface area contributed by atoms with E-state index in [1.807, 2.05) is 63.2 Å². The van der Waals surface area contributed by atoms with Gasteiger partial charge in [-0.25, -0.2) is 0 Å². The largest absolute Gasteiger partial charge is 0.482 e. The van der Waals surface area contributed by atoms with Crippen LogP contribution in [0.2, 0.25) is 5.02 Å². The molecule has 0 atom stereocenters. The van der Waals surface area contributed by atoms with E-state index in [1.54, 1.807) is 24.3 Å². The van der Waals surface area contributed by atoms with E-state index in [0.717, 1.165) is 39.7 Å². The molecule has 1 fully saturated rings. The van der Waals surface area contributed by atoms with E-state index in [9.17, 15) is 14.4 Å². The molecule has 0 unspecified atom stereocenters. The van der Waals surface area contributed by atoms with Gasteiger partial charge in [0.25, 0.3) is 17.1 Å². The van der Waals surface area contributed by atoms with Crippen LogP contribution in [0.1, 0.15) is 27.8 Å². The van der Waals surface area contributed by atoms with Crippen molar-refractivity contribution in [2.75, 3.05) is 11.9 Å². The molecule has 6 nitrogen and oxygen atoms in total. The maximum Gasteiger partial charge on any atom is 0.293 e. The summed E-state index contributed by atoms with van der Waals surface area (Å²) in [5.74, 6) is -0.298. The number of benzene rings is 3. The Morgan fingerprint density at radius 3 is 2.44 bits per heavy atom. The zero-order valence-electron chi connectivity index (χ0n) is 20.1. The molecule has 1 heterocycles. The second-order valence-electron chi connectivity index (χ2n) is 8.60. The van der Waals surface area contributed by atoms with E-state index in [-0.39, 0.29) is 30.2 Å². The number of carbonyl (C=O) groups excluding carboxylic acids is 3. The Kier molecular flexibility index (Phi) is 7.82. The van der Waals surface area contributed by atoms with Gasteiger partial charge in [-0.3, -0.25) is 19.3 Å². The number of aryl methyl sites for hydroxylation is 3. The fourth-order valence-electron chi connectivity index (χ4n) is 3.59. The first kappa shape index (κ1) is 25.5. The van der Waals surface area contributed by atoms with Crippen molar-refractivity contribution in [3.8, 4) is 5.75 Å². The molecule has 1 aliphatic heterocycles. The van der Waals surface area contributed by atoms with Crippen LogP contribution in [0, 0.1) is 20.8 Å². The van der Waals surface area contributed by atoms with Crippen LogP contribution in [0.3, 0.4) is 0 Å². The first-order valence-electron chi connectivity index (χ1n) is 11.3. The van der Waals surface area contributed by atoms with Crippen molar-refractivity contribution in [3.63, 3.8) is 0 Å². The third kappa shape index (κ3) is 6.17. The van der Waals surface area contributed by atoms with Crippen LogP contribution < -0.4 is 10.1 Å². The molecule has 36 heavy (non-hydrogen) atoms. The van der Waals surface area contributed by atoms with Gasteiger partial charge in [-0.2, -0.15) is 0 Å². The van der Waals surface area contributed by atoms with Crippen molar-refractivity contribution in [1.82, 2.24) is 4.90 Å². The molecule has 0 spiro atoms. The lowest BCUT2D eigenvalue weighted by Gasteiger charge is -2.12. The molecule has 1 saturated heterocycles. The Labute approximate surface area is 219 Å². The van der Waals surface area contributed by atoms with E-state index in [2.05, 4.69) is 5.32 Å². The summed E-state index contributed by atoms with van der Waals surface area (Å²) in [6.45, 7) is 5.87. The minimum atomic E-state index is -0.342.